The molecule has 1 atom stereocenters. The summed E-state index contributed by atoms with van der Waals surface area (Å²) < 4.78 is 0. The molecule has 0 aromatic carbocycles. The second kappa shape index (κ2) is 6.05. The summed E-state index contributed by atoms with van der Waals surface area (Å²) in [5, 5.41) is 18.7. The average molecular weight is 276 g/mol. The number of hydrogen-bond donors (Lipinski definition) is 2. The highest BCUT2D eigenvalue weighted by Gasteiger charge is 2.31. The quantitative estimate of drug-likeness (QED) is 0.819. The zero-order chi connectivity index (χ0) is 14.6. The van der Waals surface area contributed by atoms with E-state index in [1.807, 2.05) is 6.92 Å². The first kappa shape index (κ1) is 14.5. The van der Waals surface area contributed by atoms with Gasteiger partial charge in [0.05, 0.1) is 12.8 Å². The fourth-order valence-corrected chi connectivity index (χ4v) is 2.44. The normalized spacial score (nSPS) is 23.2. The summed E-state index contributed by atoms with van der Waals surface area (Å²) in [4.78, 5) is 17.7. The Kier molecular flexibility index (Phi) is 4.39. The van der Waals surface area contributed by atoms with Crippen molar-refractivity contribution in [2.24, 2.45) is 5.41 Å². The second-order valence-corrected chi connectivity index (χ2v) is 5.64. The van der Waals surface area contributed by atoms with Crippen molar-refractivity contribution in [2.45, 2.75) is 19.8 Å². The van der Waals surface area contributed by atoms with Gasteiger partial charge in [-0.1, -0.05) is 6.92 Å². The van der Waals surface area contributed by atoms with Gasteiger partial charge in [0.2, 0.25) is 5.91 Å². The highest BCUT2D eigenvalue weighted by molar-refractivity contribution is 5.91. The van der Waals surface area contributed by atoms with Crippen molar-refractivity contribution >= 4 is 12.0 Å². The summed E-state index contributed by atoms with van der Waals surface area (Å²) in [5.74, 6) is -0.00172. The van der Waals surface area contributed by atoms with Crippen LogP contribution < -0.4 is 0 Å². The number of aliphatic hydroxyl groups excluding tert-OH is 1. The molecule has 1 unspecified atom stereocenters. The minimum atomic E-state index is -0.200. The summed E-state index contributed by atoms with van der Waals surface area (Å²) in [5.41, 5.74) is 0.481. The lowest BCUT2D eigenvalue weighted by atomic mass is 9.83. The Labute approximate surface area is 118 Å². The van der Waals surface area contributed by atoms with Gasteiger partial charge < -0.3 is 15.1 Å². The number of carbonyl (C=O) groups is 1. The van der Waals surface area contributed by atoms with E-state index in [0.29, 0.717) is 12.1 Å². The van der Waals surface area contributed by atoms with E-state index in [2.05, 4.69) is 4.98 Å². The van der Waals surface area contributed by atoms with Crippen LogP contribution in [-0.4, -0.2) is 45.7 Å². The maximum atomic E-state index is 12.1. The lowest BCUT2D eigenvalue weighted by Gasteiger charge is -2.38. The zero-order valence-electron chi connectivity index (χ0n) is 11.6. The van der Waals surface area contributed by atoms with Gasteiger partial charge >= 0.3 is 0 Å². The molecule has 1 aliphatic heterocycles. The minimum absolute atomic E-state index is 0.0745. The Morgan fingerprint density at radius 2 is 2.35 bits per heavy atom. The Balaban J connectivity index is 2.01. The number of likely N-dealkylation sites (tertiary alicyclic amines) is 1. The van der Waals surface area contributed by atoms with Crippen molar-refractivity contribution < 1.29 is 15.0 Å². The van der Waals surface area contributed by atoms with Crippen molar-refractivity contribution in [3.63, 3.8) is 0 Å². The number of aromatic nitrogens is 1. The molecule has 1 fully saturated rings. The predicted octanol–water partition coefficient (Wildman–Crippen LogP) is 1.42. The molecule has 0 bridgehead atoms. The monoisotopic (exact) mass is 276 g/mol. The van der Waals surface area contributed by atoms with Crippen LogP contribution in [0.25, 0.3) is 6.08 Å². The zero-order valence-corrected chi connectivity index (χ0v) is 11.6. The molecule has 1 saturated heterocycles. The molecule has 20 heavy (non-hydrogen) atoms. The summed E-state index contributed by atoms with van der Waals surface area (Å²) in [6, 6.07) is 1.55. The number of pyridine rings is 1. The standard InChI is InChI=1S/C15H20N2O3/c1-15(11-18)5-2-6-17(10-15)14(20)4-3-12-7-13(19)9-16-8-12/h3-4,7-9,18-19H,2,5-6,10-11H2,1H3/b4-3+. The van der Waals surface area contributed by atoms with Gasteiger partial charge in [-0.25, -0.2) is 0 Å². The molecule has 2 N–H and O–H groups in total. The maximum Gasteiger partial charge on any atom is 0.246 e. The van der Waals surface area contributed by atoms with Crippen LogP contribution >= 0.6 is 0 Å². The fraction of sp³-hybridized carbons (Fsp3) is 0.467. The number of piperidine rings is 1. The van der Waals surface area contributed by atoms with Crippen molar-refractivity contribution in [2.75, 3.05) is 19.7 Å². The van der Waals surface area contributed by atoms with Gasteiger partial charge in [0.15, 0.2) is 0 Å². The van der Waals surface area contributed by atoms with E-state index in [0.717, 1.165) is 19.4 Å². The lowest BCUT2D eigenvalue weighted by molar-refractivity contribution is -0.129. The minimum Gasteiger partial charge on any atom is -0.506 e. The molecule has 0 spiro atoms. The molecule has 1 aliphatic rings. The van der Waals surface area contributed by atoms with Crippen molar-refractivity contribution in [1.82, 2.24) is 9.88 Å². The first-order valence-corrected chi connectivity index (χ1v) is 6.74. The Hall–Kier alpha value is -1.88. The third kappa shape index (κ3) is 3.57. The van der Waals surface area contributed by atoms with Crippen LogP contribution in [0.15, 0.2) is 24.5 Å². The summed E-state index contributed by atoms with van der Waals surface area (Å²) in [6.45, 7) is 3.38. The molecule has 108 valence electrons. The molecule has 1 aromatic rings. The van der Waals surface area contributed by atoms with Crippen LogP contribution in [0, 0.1) is 5.41 Å². The molecule has 1 amide bonds. The Bertz CT molecular complexity index is 516. The van der Waals surface area contributed by atoms with Gasteiger partial charge in [0, 0.05) is 30.8 Å². The topological polar surface area (TPSA) is 73.7 Å². The number of carbonyl (C=O) groups excluding carboxylic acids is 1. The van der Waals surface area contributed by atoms with Crippen molar-refractivity contribution in [3.8, 4) is 5.75 Å². The first-order valence-electron chi connectivity index (χ1n) is 6.74. The van der Waals surface area contributed by atoms with E-state index in [1.54, 1.807) is 23.2 Å². The van der Waals surface area contributed by atoms with Crippen LogP contribution in [0.1, 0.15) is 25.3 Å². The summed E-state index contributed by atoms with van der Waals surface area (Å²) in [6.07, 6.45) is 7.89. The third-order valence-electron chi connectivity index (χ3n) is 3.64. The number of aromatic hydroxyl groups is 1. The van der Waals surface area contributed by atoms with E-state index < -0.39 is 0 Å². The fourth-order valence-electron chi connectivity index (χ4n) is 2.44. The van der Waals surface area contributed by atoms with Gasteiger partial charge in [0.25, 0.3) is 0 Å². The SMILES string of the molecule is CC1(CO)CCCN(C(=O)/C=C/c2cncc(O)c2)C1. The molecule has 0 aliphatic carbocycles. The number of aliphatic hydroxyl groups is 1. The highest BCUT2D eigenvalue weighted by Crippen LogP contribution is 2.28. The summed E-state index contributed by atoms with van der Waals surface area (Å²) in [7, 11) is 0. The largest absolute Gasteiger partial charge is 0.506 e. The highest BCUT2D eigenvalue weighted by atomic mass is 16.3. The van der Waals surface area contributed by atoms with E-state index in [9.17, 15) is 15.0 Å². The van der Waals surface area contributed by atoms with E-state index in [-0.39, 0.29) is 23.7 Å². The molecule has 1 aromatic heterocycles. The molecule has 0 radical (unpaired) electrons. The molecule has 0 saturated carbocycles. The molecule has 2 rings (SSSR count). The molecular weight excluding hydrogens is 256 g/mol. The molecule has 5 heteroatoms. The van der Waals surface area contributed by atoms with Crippen LogP contribution in [-0.2, 0) is 4.79 Å². The van der Waals surface area contributed by atoms with Crippen molar-refractivity contribution in [3.05, 3.63) is 30.1 Å². The number of amides is 1. The van der Waals surface area contributed by atoms with Gasteiger partial charge in [0.1, 0.15) is 5.75 Å². The molecule has 5 nitrogen and oxygen atoms in total. The van der Waals surface area contributed by atoms with E-state index in [4.69, 9.17) is 0 Å². The summed E-state index contributed by atoms with van der Waals surface area (Å²) >= 11 is 0. The Morgan fingerprint density at radius 3 is 3.05 bits per heavy atom. The number of hydrogen-bond acceptors (Lipinski definition) is 4. The first-order chi connectivity index (χ1) is 9.52. The second-order valence-electron chi connectivity index (χ2n) is 5.64. The van der Waals surface area contributed by atoms with Crippen LogP contribution in [0.5, 0.6) is 5.75 Å². The number of nitrogens with zero attached hydrogens (tertiary/aromatic N) is 2. The molecular formula is C15H20N2O3. The number of rotatable bonds is 3. The Morgan fingerprint density at radius 1 is 1.55 bits per heavy atom. The lowest BCUT2D eigenvalue weighted by Crippen LogP contribution is -2.45. The van der Waals surface area contributed by atoms with Gasteiger partial charge in [-0.3, -0.25) is 9.78 Å². The van der Waals surface area contributed by atoms with Crippen molar-refractivity contribution in [1.29, 1.82) is 0 Å². The van der Waals surface area contributed by atoms with Crippen LogP contribution in [0.2, 0.25) is 0 Å². The third-order valence-corrected chi connectivity index (χ3v) is 3.64. The van der Waals surface area contributed by atoms with E-state index in [1.165, 1.54) is 12.3 Å². The van der Waals surface area contributed by atoms with Gasteiger partial charge in [-0.2, -0.15) is 0 Å². The smallest absolute Gasteiger partial charge is 0.246 e. The van der Waals surface area contributed by atoms with Crippen LogP contribution in [0.3, 0.4) is 0 Å². The average Bonchev–Trinajstić information content (AvgIpc) is 2.45. The molecule has 2 heterocycles. The predicted molar refractivity (Wildman–Crippen MR) is 75.9 cm³/mol. The van der Waals surface area contributed by atoms with Gasteiger partial charge in [-0.05, 0) is 30.5 Å². The van der Waals surface area contributed by atoms with Crippen LogP contribution in [0.4, 0.5) is 0 Å². The maximum absolute atomic E-state index is 12.1. The van der Waals surface area contributed by atoms with E-state index >= 15 is 0 Å². The van der Waals surface area contributed by atoms with Gasteiger partial charge in [-0.15, -0.1) is 0 Å².